The van der Waals surface area contributed by atoms with Gasteiger partial charge < -0.3 is 5.32 Å². The van der Waals surface area contributed by atoms with Crippen molar-refractivity contribution in [1.82, 2.24) is 0 Å². The Bertz CT molecular complexity index is 551. The van der Waals surface area contributed by atoms with Crippen molar-refractivity contribution in [2.24, 2.45) is 0 Å². The van der Waals surface area contributed by atoms with E-state index >= 15 is 0 Å². The number of halogens is 3. The van der Waals surface area contributed by atoms with Gasteiger partial charge in [0.1, 0.15) is 15.5 Å². The fraction of sp³-hybridized carbons (Fsp3) is 0.300. The van der Waals surface area contributed by atoms with Crippen LogP contribution < -0.4 is 5.32 Å². The molecular weight excluding hydrogens is 332 g/mol. The first kappa shape index (κ1) is 15.0. The van der Waals surface area contributed by atoms with Crippen LogP contribution in [0, 0.1) is 11.6 Å². The third-order valence-corrected chi connectivity index (χ3v) is 3.37. The fourth-order valence-electron chi connectivity index (χ4n) is 1.14. The van der Waals surface area contributed by atoms with Crippen molar-refractivity contribution in [2.75, 3.05) is 17.3 Å². The smallest absolute Gasteiger partial charge is 0.225 e. The molecule has 0 aliphatic rings. The molecule has 1 amide bonds. The lowest BCUT2D eigenvalue weighted by Gasteiger charge is -2.07. The highest BCUT2D eigenvalue weighted by molar-refractivity contribution is 9.10. The van der Waals surface area contributed by atoms with Crippen LogP contribution >= 0.6 is 15.9 Å². The Balaban J connectivity index is 2.77. The number of nitrogens with one attached hydrogen (secondary N) is 1. The molecule has 0 fully saturated rings. The second kappa shape index (κ2) is 5.75. The summed E-state index contributed by atoms with van der Waals surface area (Å²) in [5.41, 5.74) is -0.586. The van der Waals surface area contributed by atoms with Gasteiger partial charge >= 0.3 is 0 Å². The van der Waals surface area contributed by atoms with E-state index < -0.39 is 33.1 Å². The van der Waals surface area contributed by atoms with E-state index in [2.05, 4.69) is 15.9 Å². The molecule has 1 rings (SSSR count). The molecule has 0 spiro atoms. The molecule has 0 heterocycles. The predicted molar refractivity (Wildman–Crippen MR) is 67.0 cm³/mol. The van der Waals surface area contributed by atoms with Gasteiger partial charge in [0, 0.05) is 17.1 Å². The lowest BCUT2D eigenvalue weighted by Crippen LogP contribution is -2.18. The average Bonchev–Trinajstić information content (AvgIpc) is 2.19. The van der Waals surface area contributed by atoms with Crippen LogP contribution in [0.15, 0.2) is 16.6 Å². The standard InChI is InChI=1S/C10H10BrF2NO3S/c1-18(16,17)3-2-9(15)14-10-7(12)4-6(11)5-8(10)13/h4-5H,2-3H2,1H3,(H,14,15). The minimum atomic E-state index is -3.29. The van der Waals surface area contributed by atoms with Crippen LogP contribution in [0.25, 0.3) is 0 Å². The zero-order chi connectivity index (χ0) is 13.9. The van der Waals surface area contributed by atoms with Crippen LogP contribution in [0.1, 0.15) is 6.42 Å². The number of hydrogen-bond donors (Lipinski definition) is 1. The maximum atomic E-state index is 13.3. The molecule has 8 heteroatoms. The summed E-state index contributed by atoms with van der Waals surface area (Å²) >= 11 is 2.90. The van der Waals surface area contributed by atoms with Crippen molar-refractivity contribution < 1.29 is 22.0 Å². The quantitative estimate of drug-likeness (QED) is 0.912. The number of carbonyl (C=O) groups is 1. The molecule has 0 aliphatic heterocycles. The molecule has 18 heavy (non-hydrogen) atoms. The monoisotopic (exact) mass is 341 g/mol. The van der Waals surface area contributed by atoms with Crippen LogP contribution in [-0.4, -0.2) is 26.3 Å². The molecule has 0 saturated carbocycles. The van der Waals surface area contributed by atoms with E-state index in [4.69, 9.17) is 0 Å². The second-order valence-electron chi connectivity index (χ2n) is 3.67. The minimum Gasteiger partial charge on any atom is -0.321 e. The van der Waals surface area contributed by atoms with Crippen molar-refractivity contribution in [2.45, 2.75) is 6.42 Å². The van der Waals surface area contributed by atoms with Crippen LogP contribution in [0.3, 0.4) is 0 Å². The van der Waals surface area contributed by atoms with Crippen LogP contribution in [0.4, 0.5) is 14.5 Å². The Morgan fingerprint density at radius 3 is 2.28 bits per heavy atom. The van der Waals surface area contributed by atoms with Crippen LogP contribution in [0.2, 0.25) is 0 Å². The van der Waals surface area contributed by atoms with Gasteiger partial charge in [-0.3, -0.25) is 4.79 Å². The molecule has 0 radical (unpaired) electrons. The molecule has 0 aromatic heterocycles. The molecule has 0 aliphatic carbocycles. The van der Waals surface area contributed by atoms with Gasteiger partial charge in [-0.15, -0.1) is 0 Å². The topological polar surface area (TPSA) is 63.2 Å². The van der Waals surface area contributed by atoms with Crippen molar-refractivity contribution in [3.63, 3.8) is 0 Å². The summed E-state index contributed by atoms with van der Waals surface area (Å²) in [6, 6.07) is 1.99. The number of benzene rings is 1. The molecule has 0 bridgehead atoms. The summed E-state index contributed by atoms with van der Waals surface area (Å²) in [4.78, 5) is 11.3. The highest BCUT2D eigenvalue weighted by Gasteiger charge is 2.14. The number of sulfone groups is 1. The molecule has 1 aromatic carbocycles. The number of carbonyl (C=O) groups excluding carboxylic acids is 1. The van der Waals surface area contributed by atoms with Gasteiger partial charge in [0.05, 0.1) is 5.75 Å². The fourth-order valence-corrected chi connectivity index (χ4v) is 2.10. The Morgan fingerprint density at radius 1 is 1.33 bits per heavy atom. The first-order chi connectivity index (χ1) is 8.19. The summed E-state index contributed by atoms with van der Waals surface area (Å²) in [6.07, 6.45) is 0.620. The Morgan fingerprint density at radius 2 is 1.83 bits per heavy atom. The van der Waals surface area contributed by atoms with E-state index in [0.717, 1.165) is 18.4 Å². The third kappa shape index (κ3) is 4.69. The number of rotatable bonds is 4. The van der Waals surface area contributed by atoms with Crippen LogP contribution in [0.5, 0.6) is 0 Å². The Labute approximate surface area is 111 Å². The van der Waals surface area contributed by atoms with E-state index in [1.807, 2.05) is 5.32 Å². The van der Waals surface area contributed by atoms with E-state index in [0.29, 0.717) is 0 Å². The molecular formula is C10H10BrF2NO3S. The molecule has 4 nitrogen and oxygen atoms in total. The molecule has 0 atom stereocenters. The molecule has 100 valence electrons. The van der Waals surface area contributed by atoms with Gasteiger partial charge in [0.15, 0.2) is 11.6 Å². The lowest BCUT2D eigenvalue weighted by molar-refractivity contribution is -0.115. The van der Waals surface area contributed by atoms with Gasteiger partial charge in [-0.2, -0.15) is 0 Å². The van der Waals surface area contributed by atoms with Gasteiger partial charge in [0.25, 0.3) is 0 Å². The third-order valence-electron chi connectivity index (χ3n) is 1.97. The van der Waals surface area contributed by atoms with E-state index in [1.165, 1.54) is 0 Å². The van der Waals surface area contributed by atoms with E-state index in [1.54, 1.807) is 0 Å². The maximum Gasteiger partial charge on any atom is 0.225 e. The molecule has 0 unspecified atom stereocenters. The van der Waals surface area contributed by atoms with Crippen molar-refractivity contribution in [3.05, 3.63) is 28.2 Å². The van der Waals surface area contributed by atoms with Crippen molar-refractivity contribution >= 4 is 37.4 Å². The zero-order valence-electron chi connectivity index (χ0n) is 9.34. The summed E-state index contributed by atoms with van der Waals surface area (Å²) in [5, 5.41) is 2.00. The minimum absolute atomic E-state index is 0.201. The van der Waals surface area contributed by atoms with Crippen LogP contribution in [-0.2, 0) is 14.6 Å². The predicted octanol–water partition coefficient (Wildman–Crippen LogP) is 2.10. The molecule has 1 N–H and O–H groups in total. The number of anilines is 1. The SMILES string of the molecule is CS(=O)(=O)CCC(=O)Nc1c(F)cc(Br)cc1F. The Kier molecular flexibility index (Phi) is 4.80. The highest BCUT2D eigenvalue weighted by atomic mass is 79.9. The summed E-state index contributed by atoms with van der Waals surface area (Å²) in [6.45, 7) is 0. The van der Waals surface area contributed by atoms with Gasteiger partial charge in [-0.05, 0) is 12.1 Å². The first-order valence-electron chi connectivity index (χ1n) is 4.81. The highest BCUT2D eigenvalue weighted by Crippen LogP contribution is 2.23. The normalized spacial score (nSPS) is 11.3. The summed E-state index contributed by atoms with van der Waals surface area (Å²) < 4.78 is 48.6. The average molecular weight is 342 g/mol. The first-order valence-corrected chi connectivity index (χ1v) is 7.66. The summed E-state index contributed by atoms with van der Waals surface area (Å²) in [7, 11) is -3.29. The van der Waals surface area contributed by atoms with E-state index in [9.17, 15) is 22.0 Å². The van der Waals surface area contributed by atoms with Crippen molar-refractivity contribution in [3.8, 4) is 0 Å². The second-order valence-corrected chi connectivity index (χ2v) is 6.85. The van der Waals surface area contributed by atoms with E-state index in [-0.39, 0.29) is 16.6 Å². The van der Waals surface area contributed by atoms with Gasteiger partial charge in [-0.1, -0.05) is 15.9 Å². The molecule has 0 saturated heterocycles. The largest absolute Gasteiger partial charge is 0.321 e. The van der Waals surface area contributed by atoms with Gasteiger partial charge in [-0.25, -0.2) is 17.2 Å². The maximum absolute atomic E-state index is 13.3. The van der Waals surface area contributed by atoms with Crippen molar-refractivity contribution in [1.29, 1.82) is 0 Å². The molecule has 1 aromatic rings. The summed E-state index contributed by atoms with van der Waals surface area (Å²) in [5.74, 6) is -3.01. The number of hydrogen-bond acceptors (Lipinski definition) is 3. The Hall–Kier alpha value is -1.02. The zero-order valence-corrected chi connectivity index (χ0v) is 11.7. The number of amides is 1. The lowest BCUT2D eigenvalue weighted by atomic mass is 10.3. The van der Waals surface area contributed by atoms with Gasteiger partial charge in [0.2, 0.25) is 5.91 Å².